The second-order valence-corrected chi connectivity index (χ2v) is 6.56. The minimum Gasteiger partial charge on any atom is -0.379 e. The van der Waals surface area contributed by atoms with Crippen molar-refractivity contribution in [1.82, 2.24) is 4.90 Å². The molecule has 2 heterocycles. The SMILES string of the molecule is NCC1(N2CCSSCC2)CCOC1. The second kappa shape index (κ2) is 5.07. The summed E-state index contributed by atoms with van der Waals surface area (Å²) in [5, 5.41) is 0. The Kier molecular flexibility index (Phi) is 4.01. The Hall–Kier alpha value is 0.580. The van der Waals surface area contributed by atoms with E-state index in [1.54, 1.807) is 0 Å². The molecule has 0 aromatic heterocycles. The van der Waals surface area contributed by atoms with Crippen molar-refractivity contribution in [3.63, 3.8) is 0 Å². The van der Waals surface area contributed by atoms with Crippen molar-refractivity contribution in [2.75, 3.05) is 44.4 Å². The molecule has 0 amide bonds. The number of nitrogens with zero attached hydrogens (tertiary/aromatic N) is 1. The van der Waals surface area contributed by atoms with Crippen molar-refractivity contribution in [1.29, 1.82) is 0 Å². The summed E-state index contributed by atoms with van der Waals surface area (Å²) in [4.78, 5) is 2.55. The standard InChI is InChI=1S/C9H18N2OS2/c10-7-9(1-4-12-8-9)11-2-5-13-14-6-3-11/h1-8,10H2. The zero-order valence-corrected chi connectivity index (χ0v) is 10.0. The van der Waals surface area contributed by atoms with Crippen LogP contribution in [0.5, 0.6) is 0 Å². The largest absolute Gasteiger partial charge is 0.379 e. The van der Waals surface area contributed by atoms with Crippen molar-refractivity contribution >= 4 is 21.6 Å². The van der Waals surface area contributed by atoms with Gasteiger partial charge in [0, 0.05) is 37.7 Å². The summed E-state index contributed by atoms with van der Waals surface area (Å²) in [6.07, 6.45) is 1.11. The van der Waals surface area contributed by atoms with Crippen LogP contribution in [0.4, 0.5) is 0 Å². The molecule has 0 aliphatic carbocycles. The summed E-state index contributed by atoms with van der Waals surface area (Å²) in [5.41, 5.74) is 6.07. The maximum atomic E-state index is 5.92. The number of nitrogens with two attached hydrogens (primary N) is 1. The van der Waals surface area contributed by atoms with Crippen LogP contribution < -0.4 is 5.73 Å². The zero-order valence-electron chi connectivity index (χ0n) is 8.41. The van der Waals surface area contributed by atoms with Crippen LogP contribution in [0, 0.1) is 0 Å². The number of ether oxygens (including phenoxy) is 1. The fraction of sp³-hybridized carbons (Fsp3) is 1.00. The molecule has 2 saturated heterocycles. The first-order valence-electron chi connectivity index (χ1n) is 5.15. The molecule has 0 radical (unpaired) electrons. The third kappa shape index (κ3) is 2.22. The molecule has 2 aliphatic heterocycles. The zero-order chi connectivity index (χ0) is 9.86. The van der Waals surface area contributed by atoms with Crippen molar-refractivity contribution in [3.8, 4) is 0 Å². The van der Waals surface area contributed by atoms with Crippen LogP contribution in [-0.4, -0.2) is 54.8 Å². The highest BCUT2D eigenvalue weighted by atomic mass is 33.1. The molecule has 0 spiro atoms. The highest BCUT2D eigenvalue weighted by Crippen LogP contribution is 2.31. The van der Waals surface area contributed by atoms with E-state index < -0.39 is 0 Å². The molecule has 2 aliphatic rings. The number of hydrogen-bond donors (Lipinski definition) is 1. The van der Waals surface area contributed by atoms with Crippen LogP contribution in [-0.2, 0) is 4.74 Å². The van der Waals surface area contributed by atoms with E-state index in [-0.39, 0.29) is 5.54 Å². The maximum absolute atomic E-state index is 5.92. The quantitative estimate of drug-likeness (QED) is 0.716. The lowest BCUT2D eigenvalue weighted by molar-refractivity contribution is 0.0830. The van der Waals surface area contributed by atoms with Gasteiger partial charge in [-0.25, -0.2) is 0 Å². The second-order valence-electron chi connectivity index (χ2n) is 3.86. The molecule has 14 heavy (non-hydrogen) atoms. The first-order valence-corrected chi connectivity index (χ1v) is 7.63. The van der Waals surface area contributed by atoms with Crippen molar-refractivity contribution in [2.45, 2.75) is 12.0 Å². The van der Waals surface area contributed by atoms with Crippen molar-refractivity contribution in [3.05, 3.63) is 0 Å². The van der Waals surface area contributed by atoms with Gasteiger partial charge in [0.25, 0.3) is 0 Å². The molecule has 0 aromatic carbocycles. The van der Waals surface area contributed by atoms with Gasteiger partial charge in [-0.2, -0.15) is 0 Å². The van der Waals surface area contributed by atoms with Gasteiger partial charge in [0.05, 0.1) is 12.1 Å². The molecule has 0 saturated carbocycles. The van der Waals surface area contributed by atoms with Gasteiger partial charge >= 0.3 is 0 Å². The van der Waals surface area contributed by atoms with E-state index >= 15 is 0 Å². The summed E-state index contributed by atoms with van der Waals surface area (Å²) in [6.45, 7) is 4.78. The summed E-state index contributed by atoms with van der Waals surface area (Å²) < 4.78 is 5.51. The smallest absolute Gasteiger partial charge is 0.0663 e. The Labute approximate surface area is 93.5 Å². The first-order chi connectivity index (χ1) is 6.87. The van der Waals surface area contributed by atoms with Gasteiger partial charge in [0.1, 0.15) is 0 Å². The molecule has 3 nitrogen and oxygen atoms in total. The minimum absolute atomic E-state index is 0.158. The van der Waals surface area contributed by atoms with E-state index in [9.17, 15) is 0 Å². The average Bonchev–Trinajstić information content (AvgIpc) is 2.54. The molecule has 1 atom stereocenters. The Bertz CT molecular complexity index is 178. The van der Waals surface area contributed by atoms with E-state index in [4.69, 9.17) is 10.5 Å². The molecule has 0 aromatic rings. The fourth-order valence-corrected chi connectivity index (χ4v) is 4.11. The van der Waals surface area contributed by atoms with Gasteiger partial charge in [-0.15, -0.1) is 0 Å². The molecular formula is C9H18N2OS2. The highest BCUT2D eigenvalue weighted by molar-refractivity contribution is 8.76. The van der Waals surface area contributed by atoms with Gasteiger partial charge < -0.3 is 10.5 Å². The average molecular weight is 234 g/mol. The normalized spacial score (nSPS) is 35.8. The van der Waals surface area contributed by atoms with E-state index in [0.29, 0.717) is 0 Å². The lowest BCUT2D eigenvalue weighted by Crippen LogP contribution is -2.55. The maximum Gasteiger partial charge on any atom is 0.0663 e. The van der Waals surface area contributed by atoms with Crippen LogP contribution in [0.2, 0.25) is 0 Å². The van der Waals surface area contributed by atoms with E-state index in [1.807, 2.05) is 21.6 Å². The number of rotatable bonds is 2. The van der Waals surface area contributed by atoms with Crippen LogP contribution in [0.15, 0.2) is 0 Å². The minimum atomic E-state index is 0.158. The predicted octanol–water partition coefficient (Wildman–Crippen LogP) is 0.801. The van der Waals surface area contributed by atoms with E-state index in [1.165, 1.54) is 11.5 Å². The molecule has 0 bridgehead atoms. The predicted molar refractivity (Wildman–Crippen MR) is 63.7 cm³/mol. The first kappa shape index (κ1) is 11.1. The third-order valence-electron chi connectivity index (χ3n) is 3.11. The lowest BCUT2D eigenvalue weighted by atomic mass is 9.96. The topological polar surface area (TPSA) is 38.5 Å². The molecule has 1 unspecified atom stereocenters. The number of hydrogen-bond acceptors (Lipinski definition) is 5. The molecule has 2 rings (SSSR count). The Morgan fingerprint density at radius 1 is 1.29 bits per heavy atom. The van der Waals surface area contributed by atoms with Crippen LogP contribution in [0.25, 0.3) is 0 Å². The summed E-state index contributed by atoms with van der Waals surface area (Å²) >= 11 is 0. The van der Waals surface area contributed by atoms with Crippen molar-refractivity contribution in [2.24, 2.45) is 5.73 Å². The molecule has 82 valence electrons. The summed E-state index contributed by atoms with van der Waals surface area (Å²) in [7, 11) is 3.96. The summed E-state index contributed by atoms with van der Waals surface area (Å²) in [5.74, 6) is 2.43. The van der Waals surface area contributed by atoms with Gasteiger partial charge in [-0.1, -0.05) is 21.6 Å². The molecule has 5 heteroatoms. The van der Waals surface area contributed by atoms with Gasteiger partial charge in [0.2, 0.25) is 0 Å². The summed E-state index contributed by atoms with van der Waals surface area (Å²) in [6, 6.07) is 0. The van der Waals surface area contributed by atoms with Crippen LogP contribution in [0.1, 0.15) is 6.42 Å². The van der Waals surface area contributed by atoms with E-state index in [2.05, 4.69) is 4.90 Å². The third-order valence-corrected chi connectivity index (χ3v) is 5.47. The Morgan fingerprint density at radius 3 is 2.50 bits per heavy atom. The molecular weight excluding hydrogens is 216 g/mol. The van der Waals surface area contributed by atoms with Crippen LogP contribution in [0.3, 0.4) is 0 Å². The van der Waals surface area contributed by atoms with Gasteiger partial charge in [-0.05, 0) is 6.42 Å². The Morgan fingerprint density at radius 2 is 2.00 bits per heavy atom. The monoisotopic (exact) mass is 234 g/mol. The van der Waals surface area contributed by atoms with Gasteiger partial charge in [0.15, 0.2) is 0 Å². The van der Waals surface area contributed by atoms with Crippen molar-refractivity contribution < 1.29 is 4.74 Å². The van der Waals surface area contributed by atoms with Gasteiger partial charge in [-0.3, -0.25) is 4.90 Å². The van der Waals surface area contributed by atoms with Crippen LogP contribution >= 0.6 is 21.6 Å². The Balaban J connectivity index is 2.01. The van der Waals surface area contributed by atoms with E-state index in [0.717, 1.165) is 39.3 Å². The molecule has 2 fully saturated rings. The lowest BCUT2D eigenvalue weighted by Gasteiger charge is -2.38. The molecule has 2 N–H and O–H groups in total. The highest BCUT2D eigenvalue weighted by Gasteiger charge is 2.39. The fourth-order valence-electron chi connectivity index (χ4n) is 2.13.